The molecule has 1 aliphatic carbocycles. The average Bonchev–Trinajstić information content (AvgIpc) is 3.11. The molecule has 1 aliphatic heterocycles. The molecule has 150 valence electrons. The second kappa shape index (κ2) is 7.50. The van der Waals surface area contributed by atoms with E-state index in [1.54, 1.807) is 10.4 Å². The Morgan fingerprint density at radius 1 is 1.04 bits per heavy atom. The molecule has 1 saturated heterocycles. The van der Waals surface area contributed by atoms with Crippen molar-refractivity contribution in [2.24, 2.45) is 0 Å². The van der Waals surface area contributed by atoms with Crippen LogP contribution in [0.1, 0.15) is 34.2 Å². The molecule has 0 spiro atoms. The van der Waals surface area contributed by atoms with Crippen LogP contribution in [0.5, 0.6) is 5.75 Å². The van der Waals surface area contributed by atoms with E-state index in [0.717, 1.165) is 49.2 Å². The Morgan fingerprint density at radius 3 is 2.43 bits per heavy atom. The van der Waals surface area contributed by atoms with Gasteiger partial charge in [-0.25, -0.2) is 8.42 Å². The number of aromatic hydroxyl groups is 1. The molecule has 0 unspecified atom stereocenters. The maximum Gasteiger partial charge on any atom is 0.243 e. The van der Waals surface area contributed by atoms with Gasteiger partial charge in [0.25, 0.3) is 0 Å². The van der Waals surface area contributed by atoms with Gasteiger partial charge in [0.05, 0.1) is 31.1 Å². The lowest BCUT2D eigenvalue weighted by atomic mass is 10.0. The van der Waals surface area contributed by atoms with Crippen molar-refractivity contribution in [1.82, 2.24) is 4.31 Å². The fraction of sp³-hybridized carbons (Fsp3) is 0.455. The van der Waals surface area contributed by atoms with Crippen LogP contribution in [0.2, 0.25) is 0 Å². The van der Waals surface area contributed by atoms with Gasteiger partial charge in [-0.3, -0.25) is 0 Å². The minimum atomic E-state index is -3.46. The number of rotatable bonds is 4. The minimum Gasteiger partial charge on any atom is -0.507 e. The summed E-state index contributed by atoms with van der Waals surface area (Å²) in [6.07, 6.45) is 3.32. The van der Waals surface area contributed by atoms with Gasteiger partial charge in [-0.15, -0.1) is 0 Å². The molecule has 0 saturated carbocycles. The Morgan fingerprint density at radius 2 is 1.71 bits per heavy atom. The monoisotopic (exact) mass is 401 g/mol. The van der Waals surface area contributed by atoms with Gasteiger partial charge < -0.3 is 10.0 Å². The molecule has 0 atom stereocenters. The zero-order chi connectivity index (χ0) is 19.9. The maximum absolute atomic E-state index is 13.1. The number of phenolic OH excluding ortho intramolecular Hbond substituents is 1. The van der Waals surface area contributed by atoms with Crippen LogP contribution in [0, 0.1) is 13.8 Å². The largest absolute Gasteiger partial charge is 0.507 e. The van der Waals surface area contributed by atoms with Crippen LogP contribution in [0.25, 0.3) is 0 Å². The van der Waals surface area contributed by atoms with Crippen LogP contribution in [0.3, 0.4) is 0 Å². The topological polar surface area (TPSA) is 62.0 Å². The number of nitrogens with one attached hydrogen (secondary N) is 1. The molecule has 4 rings (SSSR count). The summed E-state index contributed by atoms with van der Waals surface area (Å²) in [4.78, 5) is 1.74. The predicted molar refractivity (Wildman–Crippen MR) is 109 cm³/mol. The molecule has 1 heterocycles. The van der Waals surface area contributed by atoms with E-state index in [0.29, 0.717) is 23.7 Å². The van der Waals surface area contributed by atoms with Crippen molar-refractivity contribution >= 4 is 10.0 Å². The smallest absolute Gasteiger partial charge is 0.243 e. The molecule has 5 nitrogen and oxygen atoms in total. The molecule has 0 amide bonds. The lowest BCUT2D eigenvalue weighted by molar-refractivity contribution is -0.917. The van der Waals surface area contributed by atoms with Crippen molar-refractivity contribution in [1.29, 1.82) is 0 Å². The molecule has 28 heavy (non-hydrogen) atoms. The summed E-state index contributed by atoms with van der Waals surface area (Å²) >= 11 is 0. The third-order valence-electron chi connectivity index (χ3n) is 6.12. The zero-order valence-corrected chi connectivity index (χ0v) is 17.5. The zero-order valence-electron chi connectivity index (χ0n) is 16.7. The van der Waals surface area contributed by atoms with E-state index < -0.39 is 10.0 Å². The molecular formula is C22H29N2O3S+. The van der Waals surface area contributed by atoms with E-state index in [9.17, 15) is 13.5 Å². The van der Waals surface area contributed by atoms with Crippen molar-refractivity contribution in [2.45, 2.75) is 44.6 Å². The van der Waals surface area contributed by atoms with E-state index in [1.807, 2.05) is 32.0 Å². The number of quaternary nitrogens is 1. The average molecular weight is 402 g/mol. The molecular weight excluding hydrogens is 372 g/mol. The quantitative estimate of drug-likeness (QED) is 0.818. The lowest BCUT2D eigenvalue weighted by Crippen LogP contribution is -3.13. The van der Waals surface area contributed by atoms with Gasteiger partial charge in [-0.1, -0.05) is 12.1 Å². The summed E-state index contributed by atoms with van der Waals surface area (Å²) in [5.41, 5.74) is 5.38. The number of sulfonamides is 1. The number of aryl methyl sites for hydroxylation is 4. The Bertz CT molecular complexity index is 993. The number of piperazine rings is 1. The van der Waals surface area contributed by atoms with Crippen molar-refractivity contribution in [3.05, 3.63) is 58.1 Å². The van der Waals surface area contributed by atoms with Gasteiger partial charge in [0.1, 0.15) is 12.3 Å². The third-order valence-corrected chi connectivity index (χ3v) is 8.17. The summed E-state index contributed by atoms with van der Waals surface area (Å²) in [6, 6.07) is 9.68. The Kier molecular flexibility index (Phi) is 5.21. The molecule has 1 fully saturated rings. The molecule has 2 aromatic carbocycles. The minimum absolute atomic E-state index is 0.388. The van der Waals surface area contributed by atoms with Gasteiger partial charge in [-0.05, 0) is 73.6 Å². The maximum atomic E-state index is 13.1. The highest BCUT2D eigenvalue weighted by Gasteiger charge is 2.31. The van der Waals surface area contributed by atoms with Crippen molar-refractivity contribution < 1.29 is 18.4 Å². The van der Waals surface area contributed by atoms with Gasteiger partial charge >= 0.3 is 0 Å². The van der Waals surface area contributed by atoms with Crippen molar-refractivity contribution in [3.63, 3.8) is 0 Å². The number of nitrogens with zero attached hydrogens (tertiary/aromatic N) is 1. The number of phenols is 1. The van der Waals surface area contributed by atoms with Crippen LogP contribution in [-0.2, 0) is 29.4 Å². The van der Waals surface area contributed by atoms with Crippen LogP contribution in [-0.4, -0.2) is 44.0 Å². The first-order valence-electron chi connectivity index (χ1n) is 10.1. The fourth-order valence-corrected chi connectivity index (χ4v) is 6.17. The number of hydrogen-bond acceptors (Lipinski definition) is 3. The Labute approximate surface area is 167 Å². The second-order valence-electron chi connectivity index (χ2n) is 8.20. The van der Waals surface area contributed by atoms with Crippen LogP contribution < -0.4 is 4.90 Å². The molecule has 6 heteroatoms. The SMILES string of the molecule is Cc1ccc(C)c(S(=O)(=O)N2CC[NH+](Cc3cc4c(cc3O)CCC4)CC2)c1. The first-order chi connectivity index (χ1) is 13.3. The molecule has 2 N–H and O–H groups in total. The Hall–Kier alpha value is -1.89. The van der Waals surface area contributed by atoms with Crippen molar-refractivity contribution in [2.75, 3.05) is 26.2 Å². The molecule has 0 radical (unpaired) electrons. The first-order valence-corrected chi connectivity index (χ1v) is 11.5. The highest BCUT2D eigenvalue weighted by Crippen LogP contribution is 2.29. The summed E-state index contributed by atoms with van der Waals surface area (Å²) in [6.45, 7) is 7.04. The third kappa shape index (κ3) is 3.69. The lowest BCUT2D eigenvalue weighted by Gasteiger charge is -2.32. The highest BCUT2D eigenvalue weighted by atomic mass is 32.2. The molecule has 0 aromatic heterocycles. The predicted octanol–water partition coefficient (Wildman–Crippen LogP) is 1.59. The number of benzene rings is 2. The van der Waals surface area contributed by atoms with E-state index in [-0.39, 0.29) is 0 Å². The van der Waals surface area contributed by atoms with Gasteiger partial charge in [0.15, 0.2) is 0 Å². The summed E-state index contributed by atoms with van der Waals surface area (Å²) in [7, 11) is -3.46. The van der Waals surface area contributed by atoms with Crippen LogP contribution >= 0.6 is 0 Å². The van der Waals surface area contributed by atoms with E-state index >= 15 is 0 Å². The first kappa shape index (κ1) is 19.4. The standard InChI is InChI=1S/C22H28N2O3S/c1-16-6-7-17(2)22(12-16)28(26,27)24-10-8-23(9-11-24)15-20-13-18-4-3-5-19(18)14-21(20)25/h6-7,12-14,25H,3-5,8-11,15H2,1-2H3/p+1. The van der Waals surface area contributed by atoms with Gasteiger partial charge in [-0.2, -0.15) is 4.31 Å². The number of fused-ring (bicyclic) bond motifs is 1. The summed E-state index contributed by atoms with van der Waals surface area (Å²) in [5.74, 6) is 0.388. The van der Waals surface area contributed by atoms with E-state index in [4.69, 9.17) is 0 Å². The highest BCUT2D eigenvalue weighted by molar-refractivity contribution is 7.89. The van der Waals surface area contributed by atoms with Crippen LogP contribution in [0.4, 0.5) is 0 Å². The van der Waals surface area contributed by atoms with Crippen LogP contribution in [0.15, 0.2) is 35.2 Å². The number of hydrogen-bond donors (Lipinski definition) is 2. The van der Waals surface area contributed by atoms with Gasteiger partial charge in [0.2, 0.25) is 10.0 Å². The van der Waals surface area contributed by atoms with E-state index in [1.165, 1.54) is 22.4 Å². The normalized spacial score (nSPS) is 18.4. The second-order valence-corrected chi connectivity index (χ2v) is 10.1. The molecule has 2 aliphatic rings. The molecule has 0 bridgehead atoms. The van der Waals surface area contributed by atoms with E-state index in [2.05, 4.69) is 6.07 Å². The Balaban J connectivity index is 1.44. The van der Waals surface area contributed by atoms with Gasteiger partial charge in [0, 0.05) is 5.56 Å². The summed E-state index contributed by atoms with van der Waals surface area (Å²) in [5, 5.41) is 10.4. The molecule has 2 aromatic rings. The fourth-order valence-electron chi connectivity index (χ4n) is 4.42. The summed E-state index contributed by atoms with van der Waals surface area (Å²) < 4.78 is 27.8. The van der Waals surface area contributed by atoms with Crippen molar-refractivity contribution in [3.8, 4) is 5.75 Å².